The number of hydrogen-bond acceptors (Lipinski definition) is 4. The lowest BCUT2D eigenvalue weighted by molar-refractivity contribution is 0.541. The Morgan fingerprint density at radius 1 is 1.71 bits per heavy atom. The second-order valence-corrected chi connectivity index (χ2v) is 4.31. The Hall–Kier alpha value is -1.39. The number of aryl methyl sites for hydroxylation is 2. The summed E-state index contributed by atoms with van der Waals surface area (Å²) in [6, 6.07) is 3.29. The van der Waals surface area contributed by atoms with E-state index in [1.807, 2.05) is 6.07 Å². The van der Waals surface area contributed by atoms with E-state index < -0.39 is 10.0 Å². The summed E-state index contributed by atoms with van der Waals surface area (Å²) in [5.74, 6) is 0. The summed E-state index contributed by atoms with van der Waals surface area (Å²) in [7, 11) is -3.75. The van der Waals surface area contributed by atoms with Crippen LogP contribution in [0.25, 0.3) is 0 Å². The van der Waals surface area contributed by atoms with E-state index in [9.17, 15) is 8.42 Å². The third-order valence-corrected chi connectivity index (χ3v) is 2.50. The highest BCUT2D eigenvalue weighted by atomic mass is 32.2. The van der Waals surface area contributed by atoms with Crippen LogP contribution in [0.2, 0.25) is 0 Å². The molecule has 0 fully saturated rings. The van der Waals surface area contributed by atoms with Crippen molar-refractivity contribution in [1.29, 1.82) is 5.26 Å². The molecular weight excluding hydrogens is 204 g/mol. The van der Waals surface area contributed by atoms with E-state index in [0.717, 1.165) is 0 Å². The van der Waals surface area contributed by atoms with E-state index in [-0.39, 0.29) is 18.0 Å². The molecular formula is C7H10N4O2S. The maximum atomic E-state index is 11.1. The first-order valence-corrected chi connectivity index (χ1v) is 5.44. The van der Waals surface area contributed by atoms with Crippen LogP contribution in [0.1, 0.15) is 12.1 Å². The number of primary sulfonamides is 1. The van der Waals surface area contributed by atoms with Gasteiger partial charge in [-0.05, 0) is 13.0 Å². The Morgan fingerprint density at radius 3 is 2.86 bits per heavy atom. The lowest BCUT2D eigenvalue weighted by Gasteiger charge is -2.01. The smallest absolute Gasteiger partial charge is 0.252 e. The molecule has 6 nitrogen and oxygen atoms in total. The molecule has 76 valence electrons. The van der Waals surface area contributed by atoms with Crippen LogP contribution in [0.3, 0.4) is 0 Å². The minimum atomic E-state index is -3.75. The molecule has 2 N–H and O–H groups in total. The predicted octanol–water partition coefficient (Wildman–Crippen LogP) is -0.247. The summed E-state index contributed by atoms with van der Waals surface area (Å²) in [5, 5.41) is 17.2. The average molecular weight is 214 g/mol. The van der Waals surface area contributed by atoms with Gasteiger partial charge in [-0.2, -0.15) is 10.4 Å². The van der Waals surface area contributed by atoms with Crippen molar-refractivity contribution in [1.82, 2.24) is 9.78 Å². The summed E-state index contributed by atoms with van der Waals surface area (Å²) in [5.41, 5.74) is 0.562. The van der Waals surface area contributed by atoms with Crippen molar-refractivity contribution < 1.29 is 8.42 Å². The average Bonchev–Trinajstić information content (AvgIpc) is 2.42. The molecule has 0 bridgehead atoms. The van der Waals surface area contributed by atoms with Crippen molar-refractivity contribution in [2.24, 2.45) is 5.14 Å². The first kappa shape index (κ1) is 10.7. The molecule has 0 saturated carbocycles. The number of nitrogens with two attached hydrogens (primary N) is 1. The molecule has 1 rings (SSSR count). The first-order chi connectivity index (χ1) is 6.45. The number of nitriles is 1. The van der Waals surface area contributed by atoms with Crippen LogP contribution in [-0.2, 0) is 16.6 Å². The van der Waals surface area contributed by atoms with E-state index in [1.165, 1.54) is 10.7 Å². The summed E-state index contributed by atoms with van der Waals surface area (Å²) in [4.78, 5) is 0. The van der Waals surface area contributed by atoms with E-state index in [0.29, 0.717) is 5.69 Å². The summed E-state index contributed by atoms with van der Waals surface area (Å²) >= 11 is 0. The van der Waals surface area contributed by atoms with Gasteiger partial charge >= 0.3 is 0 Å². The zero-order valence-electron chi connectivity index (χ0n) is 7.64. The molecule has 0 aliphatic heterocycles. The van der Waals surface area contributed by atoms with Gasteiger partial charge < -0.3 is 0 Å². The van der Waals surface area contributed by atoms with Gasteiger partial charge in [-0.3, -0.25) is 4.68 Å². The molecule has 0 aliphatic rings. The molecule has 0 saturated heterocycles. The Labute approximate surface area is 82.0 Å². The van der Waals surface area contributed by atoms with Crippen molar-refractivity contribution in [3.8, 4) is 6.07 Å². The van der Waals surface area contributed by atoms with Crippen molar-refractivity contribution in [2.75, 3.05) is 0 Å². The highest BCUT2D eigenvalue weighted by Gasteiger charge is 2.15. The minimum absolute atomic E-state index is 0.0507. The molecule has 0 aromatic carbocycles. The molecule has 0 unspecified atom stereocenters. The second kappa shape index (κ2) is 3.77. The van der Waals surface area contributed by atoms with Crippen molar-refractivity contribution in [3.63, 3.8) is 0 Å². The Bertz CT molecular complexity index is 468. The predicted molar refractivity (Wildman–Crippen MR) is 48.6 cm³/mol. The quantitative estimate of drug-likeness (QED) is 0.749. The second-order valence-electron chi connectivity index (χ2n) is 2.80. The Kier molecular flexibility index (Phi) is 2.88. The molecule has 14 heavy (non-hydrogen) atoms. The minimum Gasteiger partial charge on any atom is -0.252 e. The Balaban J connectivity index is 3.11. The summed E-state index contributed by atoms with van der Waals surface area (Å²) in [6.45, 7) is 1.90. The maximum absolute atomic E-state index is 11.1. The lowest BCUT2D eigenvalue weighted by atomic mass is 10.5. The molecule has 1 aromatic heterocycles. The number of sulfonamides is 1. The van der Waals surface area contributed by atoms with Crippen LogP contribution >= 0.6 is 0 Å². The highest BCUT2D eigenvalue weighted by molar-refractivity contribution is 7.89. The fourth-order valence-corrected chi connectivity index (χ4v) is 1.83. The lowest BCUT2D eigenvalue weighted by Crippen LogP contribution is -2.18. The summed E-state index contributed by atoms with van der Waals surface area (Å²) < 4.78 is 23.4. The number of aromatic nitrogens is 2. The molecule has 1 heterocycles. The molecule has 0 amide bonds. The fourth-order valence-electron chi connectivity index (χ4n) is 1.07. The van der Waals surface area contributed by atoms with Crippen LogP contribution in [-0.4, -0.2) is 18.2 Å². The summed E-state index contributed by atoms with van der Waals surface area (Å²) in [6.07, 6.45) is 0.198. The van der Waals surface area contributed by atoms with Crippen molar-refractivity contribution in [2.45, 2.75) is 24.9 Å². The SMILES string of the molecule is Cc1cc(S(N)(=O)=O)n(CCC#N)n1. The van der Waals surface area contributed by atoms with Gasteiger partial charge in [-0.1, -0.05) is 0 Å². The maximum Gasteiger partial charge on any atom is 0.255 e. The van der Waals surface area contributed by atoms with Gasteiger partial charge in [0.15, 0.2) is 5.03 Å². The van der Waals surface area contributed by atoms with Crippen LogP contribution in [0, 0.1) is 18.3 Å². The third kappa shape index (κ3) is 2.31. The number of rotatable bonds is 3. The number of nitrogens with zero attached hydrogens (tertiary/aromatic N) is 3. The zero-order valence-corrected chi connectivity index (χ0v) is 8.45. The fraction of sp³-hybridized carbons (Fsp3) is 0.429. The van der Waals surface area contributed by atoms with E-state index in [1.54, 1.807) is 6.92 Å². The van der Waals surface area contributed by atoms with Crippen LogP contribution < -0.4 is 5.14 Å². The van der Waals surface area contributed by atoms with Gasteiger partial charge in [0.1, 0.15) is 0 Å². The largest absolute Gasteiger partial charge is 0.255 e. The Morgan fingerprint density at radius 2 is 2.36 bits per heavy atom. The van der Waals surface area contributed by atoms with Crippen LogP contribution in [0.4, 0.5) is 0 Å². The van der Waals surface area contributed by atoms with E-state index in [4.69, 9.17) is 10.4 Å². The monoisotopic (exact) mass is 214 g/mol. The van der Waals surface area contributed by atoms with Gasteiger partial charge in [-0.15, -0.1) is 0 Å². The van der Waals surface area contributed by atoms with E-state index >= 15 is 0 Å². The van der Waals surface area contributed by atoms with Crippen LogP contribution in [0.15, 0.2) is 11.1 Å². The molecule has 0 aliphatic carbocycles. The molecule has 7 heteroatoms. The molecule has 0 spiro atoms. The van der Waals surface area contributed by atoms with Gasteiger partial charge in [0, 0.05) is 0 Å². The van der Waals surface area contributed by atoms with Gasteiger partial charge in [0.25, 0.3) is 10.0 Å². The normalized spacial score (nSPS) is 11.2. The first-order valence-electron chi connectivity index (χ1n) is 3.89. The van der Waals surface area contributed by atoms with Crippen molar-refractivity contribution in [3.05, 3.63) is 11.8 Å². The number of hydrogen-bond donors (Lipinski definition) is 1. The topological polar surface area (TPSA) is 102 Å². The van der Waals surface area contributed by atoms with Gasteiger partial charge in [-0.25, -0.2) is 13.6 Å². The van der Waals surface area contributed by atoms with E-state index in [2.05, 4.69) is 5.10 Å². The highest BCUT2D eigenvalue weighted by Crippen LogP contribution is 2.09. The molecule has 0 radical (unpaired) electrons. The van der Waals surface area contributed by atoms with Gasteiger partial charge in [0.05, 0.1) is 24.7 Å². The van der Waals surface area contributed by atoms with Crippen molar-refractivity contribution >= 4 is 10.0 Å². The molecule has 1 aromatic rings. The molecule has 0 atom stereocenters. The third-order valence-electron chi connectivity index (χ3n) is 1.59. The van der Waals surface area contributed by atoms with Gasteiger partial charge in [0.2, 0.25) is 0 Å². The standard InChI is InChI=1S/C7H10N4O2S/c1-6-5-7(14(9,12)13)11(10-6)4-2-3-8/h5H,2,4H2,1H3,(H2,9,12,13). The zero-order chi connectivity index (χ0) is 10.8. The van der Waals surface area contributed by atoms with Crippen LogP contribution in [0.5, 0.6) is 0 Å².